The smallest absolute Gasteiger partial charge is 0.239 e. The van der Waals surface area contributed by atoms with Crippen LogP contribution in [-0.4, -0.2) is 46.9 Å². The van der Waals surface area contributed by atoms with Crippen molar-refractivity contribution >= 4 is 11.7 Å². The Labute approximate surface area is 181 Å². The summed E-state index contributed by atoms with van der Waals surface area (Å²) in [5, 5.41) is 7.59. The Kier molecular flexibility index (Phi) is 5.34. The fourth-order valence-electron chi connectivity index (χ4n) is 4.38. The number of aryl methyl sites for hydroxylation is 1. The number of likely N-dealkylation sites (tertiary alicyclic amines) is 1. The number of rotatable bonds is 5. The van der Waals surface area contributed by atoms with Gasteiger partial charge in [-0.2, -0.15) is 5.10 Å². The molecule has 160 valence electrons. The maximum Gasteiger partial charge on any atom is 0.239 e. The number of para-hydroxylation sites is 1. The van der Waals surface area contributed by atoms with Crippen molar-refractivity contribution in [1.82, 2.24) is 14.7 Å². The molecule has 2 aromatic carbocycles. The number of amides is 1. The van der Waals surface area contributed by atoms with Gasteiger partial charge in [-0.05, 0) is 56.1 Å². The minimum absolute atomic E-state index is 0.0403. The molecule has 1 amide bonds. The summed E-state index contributed by atoms with van der Waals surface area (Å²) < 4.78 is 13.2. The molecule has 0 spiro atoms. The number of fused-ring (bicyclic) bond motifs is 1. The van der Waals surface area contributed by atoms with Crippen molar-refractivity contribution in [1.29, 1.82) is 0 Å². The van der Waals surface area contributed by atoms with Crippen molar-refractivity contribution in [2.24, 2.45) is 0 Å². The maximum atomic E-state index is 12.9. The topological polar surface area (TPSA) is 68.6 Å². The highest BCUT2D eigenvalue weighted by atomic mass is 16.6. The van der Waals surface area contributed by atoms with Gasteiger partial charge < -0.3 is 14.8 Å². The van der Waals surface area contributed by atoms with Crippen LogP contribution in [0, 0.1) is 6.92 Å². The maximum absolute atomic E-state index is 12.9. The third-order valence-electron chi connectivity index (χ3n) is 5.76. The van der Waals surface area contributed by atoms with E-state index in [9.17, 15) is 4.79 Å². The molecule has 2 aliphatic heterocycles. The first-order chi connectivity index (χ1) is 15.2. The molecule has 1 N–H and O–H groups in total. The standard InChI is InChI=1S/C24H26N4O3/c1-17-14-23(28(26-17)19-6-3-2-4-7-19)25-24(29)16-27-11-5-8-20(27)18-9-10-21-22(15-18)31-13-12-30-21/h2-4,6-7,9-10,14-15,20H,5,8,11-13,16H2,1H3,(H,25,29)/t20-/m1/s1. The van der Waals surface area contributed by atoms with Crippen LogP contribution < -0.4 is 14.8 Å². The summed E-state index contributed by atoms with van der Waals surface area (Å²) in [4.78, 5) is 15.2. The quantitative estimate of drug-likeness (QED) is 0.684. The molecule has 0 aliphatic carbocycles. The molecular weight excluding hydrogens is 392 g/mol. The molecule has 1 aromatic heterocycles. The van der Waals surface area contributed by atoms with Gasteiger partial charge in [0.25, 0.3) is 0 Å². The van der Waals surface area contributed by atoms with Crippen LogP contribution in [0.4, 0.5) is 5.82 Å². The van der Waals surface area contributed by atoms with Crippen LogP contribution in [0.2, 0.25) is 0 Å². The lowest BCUT2D eigenvalue weighted by molar-refractivity contribution is -0.117. The van der Waals surface area contributed by atoms with Gasteiger partial charge in [0, 0.05) is 12.1 Å². The van der Waals surface area contributed by atoms with Gasteiger partial charge in [-0.15, -0.1) is 0 Å². The van der Waals surface area contributed by atoms with Gasteiger partial charge in [-0.3, -0.25) is 9.69 Å². The SMILES string of the molecule is Cc1cc(NC(=O)CN2CCC[C@@H]2c2ccc3c(c2)OCCO3)n(-c2ccccc2)n1. The van der Waals surface area contributed by atoms with Crippen molar-refractivity contribution < 1.29 is 14.3 Å². The zero-order valence-corrected chi connectivity index (χ0v) is 17.6. The van der Waals surface area contributed by atoms with Crippen molar-refractivity contribution in [2.75, 3.05) is 31.6 Å². The predicted molar refractivity (Wildman–Crippen MR) is 118 cm³/mol. The first-order valence-corrected chi connectivity index (χ1v) is 10.7. The van der Waals surface area contributed by atoms with E-state index in [1.807, 2.05) is 49.4 Å². The molecule has 0 bridgehead atoms. The van der Waals surface area contributed by atoms with Crippen molar-refractivity contribution in [3.8, 4) is 17.2 Å². The second-order valence-electron chi connectivity index (χ2n) is 8.00. The van der Waals surface area contributed by atoms with Crippen LogP contribution >= 0.6 is 0 Å². The first kappa shape index (κ1) is 19.6. The fraction of sp³-hybridized carbons (Fsp3) is 0.333. The minimum Gasteiger partial charge on any atom is -0.486 e. The molecule has 1 atom stereocenters. The molecule has 1 saturated heterocycles. The number of anilines is 1. The Morgan fingerprint density at radius 3 is 2.74 bits per heavy atom. The first-order valence-electron chi connectivity index (χ1n) is 10.7. The zero-order chi connectivity index (χ0) is 21.2. The summed E-state index contributed by atoms with van der Waals surface area (Å²) in [6.45, 7) is 4.30. The van der Waals surface area contributed by atoms with Gasteiger partial charge in [0.2, 0.25) is 5.91 Å². The van der Waals surface area contributed by atoms with Gasteiger partial charge in [0.15, 0.2) is 11.5 Å². The molecule has 3 aromatic rings. The highest BCUT2D eigenvalue weighted by Gasteiger charge is 2.29. The minimum atomic E-state index is -0.0403. The summed E-state index contributed by atoms with van der Waals surface area (Å²) in [6, 6.07) is 18.0. The lowest BCUT2D eigenvalue weighted by Gasteiger charge is -2.26. The average molecular weight is 418 g/mol. The average Bonchev–Trinajstić information content (AvgIpc) is 3.40. The van der Waals surface area contributed by atoms with Gasteiger partial charge in [0.1, 0.15) is 19.0 Å². The molecule has 7 nitrogen and oxygen atoms in total. The molecule has 0 unspecified atom stereocenters. The summed E-state index contributed by atoms with van der Waals surface area (Å²) in [7, 11) is 0. The number of aromatic nitrogens is 2. The van der Waals surface area contributed by atoms with E-state index < -0.39 is 0 Å². The van der Waals surface area contributed by atoms with E-state index in [0.717, 1.165) is 42.3 Å². The van der Waals surface area contributed by atoms with Crippen LogP contribution in [0.1, 0.15) is 30.1 Å². The molecule has 0 saturated carbocycles. The summed E-state index contributed by atoms with van der Waals surface area (Å²) in [6.07, 6.45) is 2.08. The Bertz CT molecular complexity index is 1080. The summed E-state index contributed by atoms with van der Waals surface area (Å²) >= 11 is 0. The number of carbonyl (C=O) groups excluding carboxylic acids is 1. The number of carbonyl (C=O) groups is 1. The number of nitrogens with zero attached hydrogens (tertiary/aromatic N) is 3. The van der Waals surface area contributed by atoms with Crippen molar-refractivity contribution in [3.05, 3.63) is 65.9 Å². The third-order valence-corrected chi connectivity index (χ3v) is 5.76. The summed E-state index contributed by atoms with van der Waals surface area (Å²) in [5.74, 6) is 2.23. The summed E-state index contributed by atoms with van der Waals surface area (Å²) in [5.41, 5.74) is 2.94. The van der Waals surface area contributed by atoms with Crippen molar-refractivity contribution in [3.63, 3.8) is 0 Å². The van der Waals surface area contributed by atoms with Gasteiger partial charge >= 0.3 is 0 Å². The van der Waals surface area contributed by atoms with Gasteiger partial charge in [-0.1, -0.05) is 24.3 Å². The molecule has 1 fully saturated rings. The van der Waals surface area contributed by atoms with E-state index in [-0.39, 0.29) is 11.9 Å². The highest BCUT2D eigenvalue weighted by molar-refractivity contribution is 5.91. The van der Waals surface area contributed by atoms with E-state index in [1.54, 1.807) is 4.68 Å². The number of ether oxygens (including phenoxy) is 2. The molecule has 3 heterocycles. The monoisotopic (exact) mass is 418 g/mol. The fourth-order valence-corrected chi connectivity index (χ4v) is 4.38. The Hall–Kier alpha value is -3.32. The van der Waals surface area contributed by atoms with Crippen LogP contribution in [0.5, 0.6) is 11.5 Å². The lowest BCUT2D eigenvalue weighted by Crippen LogP contribution is -2.33. The molecule has 2 aliphatic rings. The van der Waals surface area contributed by atoms with Gasteiger partial charge in [-0.25, -0.2) is 4.68 Å². The number of benzene rings is 2. The van der Waals surface area contributed by atoms with E-state index in [1.165, 1.54) is 5.56 Å². The lowest BCUT2D eigenvalue weighted by atomic mass is 10.0. The zero-order valence-electron chi connectivity index (χ0n) is 17.6. The predicted octanol–water partition coefficient (Wildman–Crippen LogP) is 3.73. The Morgan fingerprint density at radius 1 is 1.10 bits per heavy atom. The molecule has 7 heteroatoms. The molecule has 31 heavy (non-hydrogen) atoms. The van der Waals surface area contributed by atoms with Crippen LogP contribution in [0.15, 0.2) is 54.6 Å². The Balaban J connectivity index is 1.30. The third kappa shape index (κ3) is 4.14. The Morgan fingerprint density at radius 2 is 1.90 bits per heavy atom. The van der Waals surface area contributed by atoms with E-state index in [0.29, 0.717) is 25.6 Å². The molecule has 5 rings (SSSR count). The highest BCUT2D eigenvalue weighted by Crippen LogP contribution is 2.38. The second-order valence-corrected chi connectivity index (χ2v) is 8.00. The van der Waals surface area contributed by atoms with Gasteiger partial charge in [0.05, 0.1) is 17.9 Å². The number of hydrogen-bond acceptors (Lipinski definition) is 5. The van der Waals surface area contributed by atoms with E-state index in [4.69, 9.17) is 9.47 Å². The number of nitrogens with one attached hydrogen (secondary N) is 1. The van der Waals surface area contributed by atoms with E-state index in [2.05, 4.69) is 27.4 Å². The van der Waals surface area contributed by atoms with Crippen LogP contribution in [-0.2, 0) is 4.79 Å². The molecule has 0 radical (unpaired) electrons. The van der Waals surface area contributed by atoms with E-state index >= 15 is 0 Å². The van der Waals surface area contributed by atoms with Crippen LogP contribution in [0.25, 0.3) is 5.69 Å². The molecular formula is C24H26N4O3. The number of hydrogen-bond donors (Lipinski definition) is 1. The van der Waals surface area contributed by atoms with Crippen molar-refractivity contribution in [2.45, 2.75) is 25.8 Å². The second kappa shape index (κ2) is 8.43. The van der Waals surface area contributed by atoms with Crippen LogP contribution in [0.3, 0.4) is 0 Å². The largest absolute Gasteiger partial charge is 0.486 e. The normalized spacial score (nSPS) is 18.2.